The Balaban J connectivity index is 2.67. The Hall–Kier alpha value is -0.870. The van der Waals surface area contributed by atoms with Gasteiger partial charge in [-0.1, -0.05) is 6.92 Å². The van der Waals surface area contributed by atoms with Gasteiger partial charge in [-0.3, -0.25) is 4.68 Å². The van der Waals surface area contributed by atoms with Crippen LogP contribution in [0.3, 0.4) is 0 Å². The van der Waals surface area contributed by atoms with Gasteiger partial charge in [-0.2, -0.15) is 5.10 Å². The molecule has 0 aliphatic carbocycles. The molecule has 86 valence electrons. The number of hydrogen-bond donors (Lipinski definition) is 1. The lowest BCUT2D eigenvalue weighted by Gasteiger charge is -2.17. The summed E-state index contributed by atoms with van der Waals surface area (Å²) in [6.45, 7) is 6.58. The summed E-state index contributed by atoms with van der Waals surface area (Å²) in [5.41, 5.74) is 1.20. The molecule has 0 fully saturated rings. The number of aryl methyl sites for hydroxylation is 1. The van der Waals surface area contributed by atoms with Crippen molar-refractivity contribution in [3.63, 3.8) is 0 Å². The minimum atomic E-state index is 0.235. The maximum atomic E-state index is 5.44. The first-order valence-electron chi connectivity index (χ1n) is 5.60. The van der Waals surface area contributed by atoms with Crippen molar-refractivity contribution in [3.05, 3.63) is 18.0 Å². The number of nitrogens with zero attached hydrogens (tertiary/aromatic N) is 2. The van der Waals surface area contributed by atoms with Crippen molar-refractivity contribution in [3.8, 4) is 0 Å². The van der Waals surface area contributed by atoms with Crippen LogP contribution >= 0.6 is 0 Å². The van der Waals surface area contributed by atoms with E-state index in [4.69, 9.17) is 4.74 Å². The Morgan fingerprint density at radius 2 is 2.33 bits per heavy atom. The van der Waals surface area contributed by atoms with Crippen LogP contribution in [-0.4, -0.2) is 30.0 Å². The van der Waals surface area contributed by atoms with Crippen molar-refractivity contribution >= 4 is 0 Å². The summed E-state index contributed by atoms with van der Waals surface area (Å²) in [5, 5.41) is 7.56. The molecule has 1 heterocycles. The van der Waals surface area contributed by atoms with Gasteiger partial charge in [0.2, 0.25) is 0 Å². The molecule has 0 saturated carbocycles. The molecule has 4 nitrogen and oxygen atoms in total. The molecule has 0 spiro atoms. The van der Waals surface area contributed by atoms with E-state index in [0.717, 1.165) is 19.6 Å². The summed E-state index contributed by atoms with van der Waals surface area (Å²) in [4.78, 5) is 0. The van der Waals surface area contributed by atoms with Crippen LogP contribution in [0.4, 0.5) is 0 Å². The maximum Gasteiger partial charge on any atom is 0.0727 e. The van der Waals surface area contributed by atoms with Gasteiger partial charge in [-0.15, -0.1) is 0 Å². The SMILES string of the molecule is CCCn1nccc1C(COCC)NC. The predicted octanol–water partition coefficient (Wildman–Crippen LogP) is 1.59. The summed E-state index contributed by atoms with van der Waals surface area (Å²) in [6.07, 6.45) is 2.95. The van der Waals surface area contributed by atoms with Crippen LogP contribution in [0.5, 0.6) is 0 Å². The normalized spacial score (nSPS) is 13.0. The van der Waals surface area contributed by atoms with Gasteiger partial charge in [-0.25, -0.2) is 0 Å². The number of aromatic nitrogens is 2. The maximum absolute atomic E-state index is 5.44. The zero-order chi connectivity index (χ0) is 11.1. The second-order valence-corrected chi connectivity index (χ2v) is 3.48. The minimum absolute atomic E-state index is 0.235. The molecule has 0 aliphatic rings. The fourth-order valence-corrected chi connectivity index (χ4v) is 1.59. The number of ether oxygens (including phenoxy) is 1. The van der Waals surface area contributed by atoms with Gasteiger partial charge in [0.15, 0.2) is 0 Å². The zero-order valence-corrected chi connectivity index (χ0v) is 9.86. The molecular weight excluding hydrogens is 190 g/mol. The molecule has 0 aliphatic heterocycles. The zero-order valence-electron chi connectivity index (χ0n) is 9.86. The lowest BCUT2D eigenvalue weighted by Crippen LogP contribution is -2.25. The van der Waals surface area contributed by atoms with E-state index in [-0.39, 0.29) is 6.04 Å². The molecular formula is C11H21N3O. The Labute approximate surface area is 91.6 Å². The predicted molar refractivity (Wildman–Crippen MR) is 60.8 cm³/mol. The van der Waals surface area contributed by atoms with Gasteiger partial charge in [-0.05, 0) is 26.5 Å². The number of likely N-dealkylation sites (N-methyl/N-ethyl adjacent to an activating group) is 1. The number of hydrogen-bond acceptors (Lipinski definition) is 3. The first-order valence-corrected chi connectivity index (χ1v) is 5.60. The average Bonchev–Trinajstić information content (AvgIpc) is 2.68. The van der Waals surface area contributed by atoms with E-state index in [1.807, 2.05) is 24.9 Å². The highest BCUT2D eigenvalue weighted by Crippen LogP contribution is 2.12. The number of nitrogens with one attached hydrogen (secondary N) is 1. The molecule has 1 atom stereocenters. The third-order valence-electron chi connectivity index (χ3n) is 2.38. The van der Waals surface area contributed by atoms with Crippen LogP contribution < -0.4 is 5.32 Å². The van der Waals surface area contributed by atoms with Crippen LogP contribution in [0.2, 0.25) is 0 Å². The largest absolute Gasteiger partial charge is 0.380 e. The Morgan fingerprint density at radius 1 is 1.53 bits per heavy atom. The summed E-state index contributed by atoms with van der Waals surface area (Å²) in [5.74, 6) is 0. The molecule has 1 unspecified atom stereocenters. The minimum Gasteiger partial charge on any atom is -0.380 e. The van der Waals surface area contributed by atoms with Crippen LogP contribution in [0.1, 0.15) is 32.0 Å². The third-order valence-corrected chi connectivity index (χ3v) is 2.38. The highest BCUT2D eigenvalue weighted by Gasteiger charge is 2.13. The molecule has 0 aromatic carbocycles. The Kier molecular flexibility index (Phi) is 5.36. The van der Waals surface area contributed by atoms with Crippen molar-refractivity contribution in [2.45, 2.75) is 32.9 Å². The quantitative estimate of drug-likeness (QED) is 0.744. The lowest BCUT2D eigenvalue weighted by atomic mass is 10.2. The van der Waals surface area contributed by atoms with Gasteiger partial charge in [0.1, 0.15) is 0 Å². The fourth-order valence-electron chi connectivity index (χ4n) is 1.59. The number of rotatable bonds is 7. The summed E-state index contributed by atoms with van der Waals surface area (Å²) < 4.78 is 7.48. The first-order chi connectivity index (χ1) is 7.33. The molecule has 1 aromatic rings. The monoisotopic (exact) mass is 211 g/mol. The van der Waals surface area contributed by atoms with E-state index < -0.39 is 0 Å². The molecule has 1 N–H and O–H groups in total. The highest BCUT2D eigenvalue weighted by molar-refractivity contribution is 5.06. The van der Waals surface area contributed by atoms with Crippen molar-refractivity contribution in [2.75, 3.05) is 20.3 Å². The molecule has 15 heavy (non-hydrogen) atoms. The summed E-state index contributed by atoms with van der Waals surface area (Å²) in [6, 6.07) is 2.29. The van der Waals surface area contributed by atoms with Crippen molar-refractivity contribution in [1.29, 1.82) is 0 Å². The van der Waals surface area contributed by atoms with E-state index in [9.17, 15) is 0 Å². The van der Waals surface area contributed by atoms with E-state index >= 15 is 0 Å². The smallest absolute Gasteiger partial charge is 0.0727 e. The molecule has 1 aromatic heterocycles. The van der Waals surface area contributed by atoms with Gasteiger partial charge < -0.3 is 10.1 Å². The molecule has 0 amide bonds. The first kappa shape index (κ1) is 12.2. The summed E-state index contributed by atoms with van der Waals surface area (Å²) in [7, 11) is 1.95. The molecule has 1 rings (SSSR count). The van der Waals surface area contributed by atoms with Crippen LogP contribution in [0.25, 0.3) is 0 Å². The van der Waals surface area contributed by atoms with Gasteiger partial charge in [0.25, 0.3) is 0 Å². The van der Waals surface area contributed by atoms with E-state index in [0.29, 0.717) is 6.61 Å². The van der Waals surface area contributed by atoms with Crippen molar-refractivity contribution in [2.24, 2.45) is 0 Å². The fraction of sp³-hybridized carbons (Fsp3) is 0.727. The van der Waals surface area contributed by atoms with E-state index in [2.05, 4.69) is 23.4 Å². The van der Waals surface area contributed by atoms with Crippen LogP contribution in [-0.2, 0) is 11.3 Å². The Bertz CT molecular complexity index is 273. The summed E-state index contributed by atoms with van der Waals surface area (Å²) >= 11 is 0. The van der Waals surface area contributed by atoms with Crippen molar-refractivity contribution < 1.29 is 4.74 Å². The van der Waals surface area contributed by atoms with E-state index in [1.54, 1.807) is 0 Å². The van der Waals surface area contributed by atoms with Gasteiger partial charge in [0, 0.05) is 19.3 Å². The van der Waals surface area contributed by atoms with Gasteiger partial charge >= 0.3 is 0 Å². The average molecular weight is 211 g/mol. The van der Waals surface area contributed by atoms with E-state index in [1.165, 1.54) is 5.69 Å². The second kappa shape index (κ2) is 6.58. The highest BCUT2D eigenvalue weighted by atomic mass is 16.5. The standard InChI is InChI=1S/C11H21N3O/c1-4-8-14-11(6-7-13-14)10(12-3)9-15-5-2/h6-7,10,12H,4-5,8-9H2,1-3H3. The lowest BCUT2D eigenvalue weighted by molar-refractivity contribution is 0.122. The third kappa shape index (κ3) is 3.32. The molecule has 0 bridgehead atoms. The molecule has 4 heteroatoms. The molecule has 0 saturated heterocycles. The Morgan fingerprint density at radius 3 is 2.93 bits per heavy atom. The van der Waals surface area contributed by atoms with Gasteiger partial charge in [0.05, 0.1) is 18.3 Å². The second-order valence-electron chi connectivity index (χ2n) is 3.48. The molecule has 0 radical (unpaired) electrons. The van der Waals surface area contributed by atoms with Crippen molar-refractivity contribution in [1.82, 2.24) is 15.1 Å². The topological polar surface area (TPSA) is 39.1 Å². The van der Waals surface area contributed by atoms with Crippen LogP contribution in [0.15, 0.2) is 12.3 Å². The van der Waals surface area contributed by atoms with Crippen LogP contribution in [0, 0.1) is 0 Å².